The Morgan fingerprint density at radius 2 is 2.11 bits per heavy atom. The van der Waals surface area contributed by atoms with Crippen molar-refractivity contribution in [2.24, 2.45) is 5.41 Å². The van der Waals surface area contributed by atoms with Gasteiger partial charge in [0.15, 0.2) is 0 Å². The summed E-state index contributed by atoms with van der Waals surface area (Å²) in [5.74, 6) is 0. The van der Waals surface area contributed by atoms with E-state index in [4.69, 9.17) is 4.74 Å². The lowest BCUT2D eigenvalue weighted by molar-refractivity contribution is 0.0590. The maximum atomic E-state index is 5.52. The maximum Gasteiger partial charge on any atom is 0.0710 e. The maximum absolute atomic E-state index is 5.52. The Balaban J connectivity index is 2.01. The zero-order chi connectivity index (χ0) is 13.2. The lowest BCUT2D eigenvalue weighted by Gasteiger charge is -2.45. The normalized spacial score (nSPS) is 37.0. The third-order valence-electron chi connectivity index (χ3n) is 4.80. The summed E-state index contributed by atoms with van der Waals surface area (Å²) in [6.45, 7) is 10.5. The molecule has 3 nitrogen and oxygen atoms in total. The molecule has 1 aliphatic heterocycles. The first-order chi connectivity index (χ1) is 8.55. The van der Waals surface area contributed by atoms with Crippen molar-refractivity contribution < 1.29 is 4.74 Å². The number of ether oxygens (including phenoxy) is 1. The van der Waals surface area contributed by atoms with Gasteiger partial charge >= 0.3 is 0 Å². The Morgan fingerprint density at radius 1 is 1.33 bits per heavy atom. The van der Waals surface area contributed by atoms with Gasteiger partial charge in [0, 0.05) is 32.3 Å². The predicted octanol–water partition coefficient (Wildman–Crippen LogP) is 2.26. The SMILES string of the molecule is CCNC1CCC(C)(C)CC1N1CCC(OC)C1. The number of hydrogen-bond acceptors (Lipinski definition) is 3. The van der Waals surface area contributed by atoms with E-state index in [-0.39, 0.29) is 0 Å². The van der Waals surface area contributed by atoms with Gasteiger partial charge in [0.2, 0.25) is 0 Å². The van der Waals surface area contributed by atoms with E-state index in [1.165, 1.54) is 32.2 Å². The molecule has 0 aromatic rings. The molecule has 1 saturated heterocycles. The van der Waals surface area contributed by atoms with E-state index in [0.717, 1.165) is 13.1 Å². The Morgan fingerprint density at radius 3 is 2.72 bits per heavy atom. The van der Waals surface area contributed by atoms with Gasteiger partial charge in [0.05, 0.1) is 6.10 Å². The summed E-state index contributed by atoms with van der Waals surface area (Å²) in [4.78, 5) is 2.67. The van der Waals surface area contributed by atoms with Crippen LogP contribution >= 0.6 is 0 Å². The van der Waals surface area contributed by atoms with Gasteiger partial charge in [-0.1, -0.05) is 20.8 Å². The van der Waals surface area contributed by atoms with Gasteiger partial charge in [-0.15, -0.1) is 0 Å². The molecular formula is C15H30N2O. The minimum absolute atomic E-state index is 0.456. The molecule has 2 fully saturated rings. The second-order valence-corrected chi connectivity index (χ2v) is 6.78. The smallest absolute Gasteiger partial charge is 0.0710 e. The molecule has 0 aromatic carbocycles. The molecule has 1 saturated carbocycles. The fraction of sp³-hybridized carbons (Fsp3) is 1.00. The molecule has 3 atom stereocenters. The number of likely N-dealkylation sites (N-methyl/N-ethyl adjacent to an activating group) is 1. The van der Waals surface area contributed by atoms with E-state index in [1.807, 2.05) is 7.11 Å². The van der Waals surface area contributed by atoms with Crippen molar-refractivity contribution in [2.75, 3.05) is 26.7 Å². The summed E-state index contributed by atoms with van der Waals surface area (Å²) in [6, 6.07) is 1.38. The number of hydrogen-bond donors (Lipinski definition) is 1. The lowest BCUT2D eigenvalue weighted by atomic mass is 9.72. The van der Waals surface area contributed by atoms with Crippen LogP contribution in [0.25, 0.3) is 0 Å². The van der Waals surface area contributed by atoms with Gasteiger partial charge in [0.25, 0.3) is 0 Å². The zero-order valence-corrected chi connectivity index (χ0v) is 12.5. The van der Waals surface area contributed by atoms with Gasteiger partial charge in [-0.2, -0.15) is 0 Å². The fourth-order valence-corrected chi connectivity index (χ4v) is 3.68. The molecule has 3 heteroatoms. The Labute approximate surface area is 112 Å². The van der Waals surface area contributed by atoms with Gasteiger partial charge < -0.3 is 10.1 Å². The highest BCUT2D eigenvalue weighted by Gasteiger charge is 2.39. The summed E-state index contributed by atoms with van der Waals surface area (Å²) in [5, 5.41) is 3.70. The van der Waals surface area contributed by atoms with E-state index < -0.39 is 0 Å². The van der Waals surface area contributed by atoms with Crippen LogP contribution in [0.1, 0.15) is 46.5 Å². The molecular weight excluding hydrogens is 224 g/mol. The number of nitrogens with one attached hydrogen (secondary N) is 1. The molecule has 0 spiro atoms. The van der Waals surface area contributed by atoms with E-state index >= 15 is 0 Å². The Kier molecular flexibility index (Phi) is 4.68. The van der Waals surface area contributed by atoms with Crippen molar-refractivity contribution in [3.05, 3.63) is 0 Å². The first-order valence-electron chi connectivity index (χ1n) is 7.56. The van der Waals surface area contributed by atoms with Crippen molar-refractivity contribution in [1.29, 1.82) is 0 Å². The highest BCUT2D eigenvalue weighted by Crippen LogP contribution is 2.38. The molecule has 1 N–H and O–H groups in total. The van der Waals surface area contributed by atoms with Crippen LogP contribution in [0, 0.1) is 5.41 Å². The largest absolute Gasteiger partial charge is 0.380 e. The highest BCUT2D eigenvalue weighted by atomic mass is 16.5. The number of likely N-dealkylation sites (tertiary alicyclic amines) is 1. The van der Waals surface area contributed by atoms with E-state index in [9.17, 15) is 0 Å². The lowest BCUT2D eigenvalue weighted by Crippen LogP contribution is -2.54. The second kappa shape index (κ2) is 5.89. The quantitative estimate of drug-likeness (QED) is 0.833. The minimum atomic E-state index is 0.456. The summed E-state index contributed by atoms with van der Waals surface area (Å²) < 4.78 is 5.52. The number of methoxy groups -OCH3 is 1. The molecule has 106 valence electrons. The summed E-state index contributed by atoms with van der Waals surface area (Å²) in [6.07, 6.45) is 5.65. The number of nitrogens with zero attached hydrogens (tertiary/aromatic N) is 1. The molecule has 1 aliphatic carbocycles. The van der Waals surface area contributed by atoms with Gasteiger partial charge in [0.1, 0.15) is 0 Å². The van der Waals surface area contributed by atoms with Crippen LogP contribution in [0.15, 0.2) is 0 Å². The summed E-state index contributed by atoms with van der Waals surface area (Å²) >= 11 is 0. The predicted molar refractivity (Wildman–Crippen MR) is 75.9 cm³/mol. The van der Waals surface area contributed by atoms with Crippen LogP contribution in [0.5, 0.6) is 0 Å². The third-order valence-corrected chi connectivity index (χ3v) is 4.80. The van der Waals surface area contributed by atoms with Crippen LogP contribution in [0.2, 0.25) is 0 Å². The van der Waals surface area contributed by atoms with Gasteiger partial charge in [-0.25, -0.2) is 0 Å². The third kappa shape index (κ3) is 3.25. The second-order valence-electron chi connectivity index (χ2n) is 6.78. The fourth-order valence-electron chi connectivity index (χ4n) is 3.68. The minimum Gasteiger partial charge on any atom is -0.380 e. The van der Waals surface area contributed by atoms with Crippen LogP contribution < -0.4 is 5.32 Å². The molecule has 0 aromatic heterocycles. The van der Waals surface area contributed by atoms with Crippen LogP contribution in [0.4, 0.5) is 0 Å². The van der Waals surface area contributed by atoms with Gasteiger partial charge in [-0.3, -0.25) is 4.90 Å². The summed E-state index contributed by atoms with van der Waals surface area (Å²) in [5.41, 5.74) is 0.502. The van der Waals surface area contributed by atoms with Crippen molar-refractivity contribution in [2.45, 2.75) is 64.6 Å². The summed E-state index contributed by atoms with van der Waals surface area (Å²) in [7, 11) is 1.85. The molecule has 0 bridgehead atoms. The molecule has 0 amide bonds. The van der Waals surface area contributed by atoms with Gasteiger partial charge in [-0.05, 0) is 37.6 Å². The van der Waals surface area contributed by atoms with E-state index in [0.29, 0.717) is 23.6 Å². The first kappa shape index (κ1) is 14.3. The first-order valence-corrected chi connectivity index (χ1v) is 7.56. The molecule has 2 rings (SSSR count). The topological polar surface area (TPSA) is 24.5 Å². The molecule has 3 unspecified atom stereocenters. The average Bonchev–Trinajstić information content (AvgIpc) is 2.80. The highest BCUT2D eigenvalue weighted by molar-refractivity contribution is 4.96. The standard InChI is InChI=1S/C15H30N2O/c1-5-16-13-6-8-15(2,3)10-14(13)17-9-7-12(11-17)18-4/h12-14,16H,5-11H2,1-4H3. The van der Waals surface area contributed by atoms with Crippen molar-refractivity contribution in [3.63, 3.8) is 0 Å². The molecule has 2 aliphatic rings. The average molecular weight is 254 g/mol. The zero-order valence-electron chi connectivity index (χ0n) is 12.5. The van der Waals surface area contributed by atoms with Crippen LogP contribution in [-0.4, -0.2) is 49.8 Å². The molecule has 0 radical (unpaired) electrons. The monoisotopic (exact) mass is 254 g/mol. The van der Waals surface area contributed by atoms with Crippen molar-refractivity contribution in [3.8, 4) is 0 Å². The van der Waals surface area contributed by atoms with Crippen LogP contribution in [-0.2, 0) is 4.74 Å². The van der Waals surface area contributed by atoms with Crippen molar-refractivity contribution >= 4 is 0 Å². The van der Waals surface area contributed by atoms with Crippen molar-refractivity contribution in [1.82, 2.24) is 10.2 Å². The Bertz CT molecular complexity index is 267. The van der Waals surface area contributed by atoms with Crippen LogP contribution in [0.3, 0.4) is 0 Å². The van der Waals surface area contributed by atoms with E-state index in [2.05, 4.69) is 31.0 Å². The Hall–Kier alpha value is -0.120. The van der Waals surface area contributed by atoms with E-state index in [1.54, 1.807) is 0 Å². The molecule has 1 heterocycles. The molecule has 18 heavy (non-hydrogen) atoms. The number of rotatable bonds is 4.